The number of halogens is 2. The first-order chi connectivity index (χ1) is 17.0. The van der Waals surface area contributed by atoms with E-state index in [9.17, 15) is 14.0 Å². The molecule has 4 heterocycles. The third kappa shape index (κ3) is 5.36. The molecule has 1 aromatic carbocycles. The predicted octanol–water partition coefficient (Wildman–Crippen LogP) is 3.36. The van der Waals surface area contributed by atoms with Gasteiger partial charge >= 0.3 is 0 Å². The number of fused-ring (bicyclic) bond motifs is 2. The minimum absolute atomic E-state index is 0.00866. The summed E-state index contributed by atoms with van der Waals surface area (Å²) < 4.78 is 24.6. The average Bonchev–Trinajstić information content (AvgIpc) is 3.15. The van der Waals surface area contributed by atoms with Crippen molar-refractivity contribution in [2.45, 2.75) is 43.9 Å². The van der Waals surface area contributed by atoms with Gasteiger partial charge in [0, 0.05) is 44.2 Å². The zero-order chi connectivity index (χ0) is 24.4. The molecule has 186 valence electrons. The van der Waals surface area contributed by atoms with Gasteiger partial charge in [-0.1, -0.05) is 11.6 Å². The van der Waals surface area contributed by atoms with Crippen LogP contribution in [0.15, 0.2) is 36.5 Å². The smallest absolute Gasteiger partial charge is 0.257 e. The number of morpholine rings is 1. The number of pyridine rings is 1. The van der Waals surface area contributed by atoms with Gasteiger partial charge in [0.25, 0.3) is 5.91 Å². The Labute approximate surface area is 208 Å². The Hall–Kier alpha value is -2.91. The Balaban J connectivity index is 1.21. The molecular formula is C25H28ClFN4O4. The van der Waals surface area contributed by atoms with Crippen LogP contribution in [0.1, 0.15) is 36.0 Å². The van der Waals surface area contributed by atoms with Gasteiger partial charge in [-0.05, 0) is 43.2 Å². The number of carbonyl (C=O) groups is 2. The van der Waals surface area contributed by atoms with Crippen LogP contribution in [0.3, 0.4) is 0 Å². The van der Waals surface area contributed by atoms with Crippen LogP contribution in [-0.4, -0.2) is 77.6 Å². The standard InChI is InChI=1S/C25H28ClFN4O4/c26-16-11-22(25(33)30-7-9-34-10-8-30)24(28-14-16)29-15-23(32)31-18-3-4-19(31)13-21(12-18)35-20-5-1-17(27)2-6-20/h1-2,5-6,11,14,18-19,21H,3-4,7-10,12-13,15H2,(H,28,29). The zero-order valence-electron chi connectivity index (χ0n) is 19.3. The van der Waals surface area contributed by atoms with Crippen LogP contribution < -0.4 is 10.1 Å². The van der Waals surface area contributed by atoms with Crippen molar-refractivity contribution < 1.29 is 23.5 Å². The van der Waals surface area contributed by atoms with Crippen molar-refractivity contribution in [3.05, 3.63) is 52.9 Å². The van der Waals surface area contributed by atoms with E-state index >= 15 is 0 Å². The van der Waals surface area contributed by atoms with Crippen LogP contribution in [0, 0.1) is 5.82 Å². The van der Waals surface area contributed by atoms with E-state index in [4.69, 9.17) is 21.1 Å². The summed E-state index contributed by atoms with van der Waals surface area (Å²) in [5.41, 5.74) is 0.349. The summed E-state index contributed by atoms with van der Waals surface area (Å²) in [6.45, 7) is 2.02. The van der Waals surface area contributed by atoms with Gasteiger partial charge in [-0.3, -0.25) is 9.59 Å². The largest absolute Gasteiger partial charge is 0.490 e. The highest BCUT2D eigenvalue weighted by Crippen LogP contribution is 2.37. The normalized spacial score (nSPS) is 23.8. The topological polar surface area (TPSA) is 84.0 Å². The van der Waals surface area contributed by atoms with E-state index in [0.29, 0.717) is 48.5 Å². The quantitative estimate of drug-likeness (QED) is 0.652. The molecule has 1 N–H and O–H groups in total. The van der Waals surface area contributed by atoms with Gasteiger partial charge in [0.1, 0.15) is 23.5 Å². The van der Waals surface area contributed by atoms with Crippen LogP contribution in [-0.2, 0) is 9.53 Å². The highest BCUT2D eigenvalue weighted by Gasteiger charge is 2.43. The number of ether oxygens (including phenoxy) is 2. The lowest BCUT2D eigenvalue weighted by Gasteiger charge is -2.39. The summed E-state index contributed by atoms with van der Waals surface area (Å²) >= 11 is 6.12. The fourth-order valence-electron chi connectivity index (χ4n) is 5.27. The second-order valence-electron chi connectivity index (χ2n) is 9.16. The maximum atomic E-state index is 13.2. The minimum Gasteiger partial charge on any atom is -0.490 e. The SMILES string of the molecule is O=C(c1cc(Cl)cnc1NCC(=O)N1C2CCC1CC(Oc1ccc(F)cc1)C2)N1CCOCC1. The third-order valence-corrected chi connectivity index (χ3v) is 7.09. The number of piperidine rings is 1. The van der Waals surface area contributed by atoms with Crippen molar-refractivity contribution in [1.82, 2.24) is 14.8 Å². The zero-order valence-corrected chi connectivity index (χ0v) is 20.0. The Bertz CT molecular complexity index is 1070. The number of nitrogens with one attached hydrogen (secondary N) is 1. The van der Waals surface area contributed by atoms with Crippen LogP contribution in [0.4, 0.5) is 10.2 Å². The molecule has 0 radical (unpaired) electrons. The summed E-state index contributed by atoms with van der Waals surface area (Å²) in [6, 6.07) is 7.82. The first-order valence-electron chi connectivity index (χ1n) is 12.0. The van der Waals surface area contributed by atoms with Crippen LogP contribution in [0.5, 0.6) is 5.75 Å². The van der Waals surface area contributed by atoms with Gasteiger partial charge in [-0.2, -0.15) is 0 Å². The maximum Gasteiger partial charge on any atom is 0.257 e. The van der Waals surface area contributed by atoms with Gasteiger partial charge in [0.2, 0.25) is 5.91 Å². The van der Waals surface area contributed by atoms with Crippen LogP contribution >= 0.6 is 11.6 Å². The van der Waals surface area contributed by atoms with E-state index in [1.165, 1.54) is 18.3 Å². The highest BCUT2D eigenvalue weighted by molar-refractivity contribution is 6.31. The minimum atomic E-state index is -0.296. The summed E-state index contributed by atoms with van der Waals surface area (Å²) in [6.07, 6.45) is 4.79. The van der Waals surface area contributed by atoms with Crippen molar-refractivity contribution >= 4 is 29.2 Å². The molecule has 3 fully saturated rings. The van der Waals surface area contributed by atoms with E-state index < -0.39 is 0 Å². The van der Waals surface area contributed by atoms with Crippen LogP contribution in [0.25, 0.3) is 0 Å². The van der Waals surface area contributed by atoms with Gasteiger partial charge in [-0.15, -0.1) is 0 Å². The van der Waals surface area contributed by atoms with E-state index in [0.717, 1.165) is 25.7 Å². The highest BCUT2D eigenvalue weighted by atomic mass is 35.5. The number of benzene rings is 1. The number of hydrogen-bond acceptors (Lipinski definition) is 6. The lowest BCUT2D eigenvalue weighted by molar-refractivity contribution is -0.135. The first-order valence-corrected chi connectivity index (χ1v) is 12.4. The number of nitrogens with zero attached hydrogens (tertiary/aromatic N) is 3. The van der Waals surface area contributed by atoms with Gasteiger partial charge in [0.05, 0.1) is 30.3 Å². The van der Waals surface area contributed by atoms with E-state index in [-0.39, 0.29) is 42.4 Å². The Morgan fingerprint density at radius 3 is 2.51 bits per heavy atom. The lowest BCUT2D eigenvalue weighted by atomic mass is 9.99. The molecule has 2 bridgehead atoms. The van der Waals surface area contributed by atoms with Crippen molar-refractivity contribution in [2.24, 2.45) is 0 Å². The summed E-state index contributed by atoms with van der Waals surface area (Å²) in [5, 5.41) is 3.44. The van der Waals surface area contributed by atoms with Crippen molar-refractivity contribution in [2.75, 3.05) is 38.2 Å². The fourth-order valence-corrected chi connectivity index (χ4v) is 5.42. The average molecular weight is 503 g/mol. The Morgan fingerprint density at radius 1 is 1.14 bits per heavy atom. The third-order valence-electron chi connectivity index (χ3n) is 6.88. The van der Waals surface area contributed by atoms with Crippen LogP contribution in [0.2, 0.25) is 5.02 Å². The maximum absolute atomic E-state index is 13.2. The van der Waals surface area contributed by atoms with E-state index in [1.807, 2.05) is 4.90 Å². The number of aromatic nitrogens is 1. The number of hydrogen-bond donors (Lipinski definition) is 1. The molecule has 0 saturated carbocycles. The number of rotatable bonds is 6. The summed E-state index contributed by atoms with van der Waals surface area (Å²) in [7, 11) is 0. The Kier molecular flexibility index (Phi) is 7.06. The molecule has 35 heavy (non-hydrogen) atoms. The molecule has 3 aliphatic heterocycles. The van der Waals surface area contributed by atoms with E-state index in [2.05, 4.69) is 10.3 Å². The second kappa shape index (κ2) is 10.4. The summed E-state index contributed by atoms with van der Waals surface area (Å²) in [4.78, 5) is 34.2. The number of amides is 2. The molecule has 3 saturated heterocycles. The molecule has 10 heteroatoms. The molecule has 8 nitrogen and oxygen atoms in total. The number of carbonyl (C=O) groups excluding carboxylic acids is 2. The molecular weight excluding hydrogens is 475 g/mol. The van der Waals surface area contributed by atoms with Gasteiger partial charge in [-0.25, -0.2) is 9.37 Å². The van der Waals surface area contributed by atoms with Gasteiger partial charge in [0.15, 0.2) is 0 Å². The predicted molar refractivity (Wildman–Crippen MR) is 128 cm³/mol. The molecule has 2 atom stereocenters. The number of anilines is 1. The molecule has 3 aliphatic rings. The molecule has 5 rings (SSSR count). The lowest BCUT2D eigenvalue weighted by Crippen LogP contribution is -2.51. The molecule has 1 aromatic heterocycles. The molecule has 2 amide bonds. The van der Waals surface area contributed by atoms with Gasteiger partial charge < -0.3 is 24.6 Å². The van der Waals surface area contributed by atoms with Crippen molar-refractivity contribution in [3.63, 3.8) is 0 Å². The molecule has 0 spiro atoms. The van der Waals surface area contributed by atoms with Crippen molar-refractivity contribution in [1.29, 1.82) is 0 Å². The monoisotopic (exact) mass is 502 g/mol. The van der Waals surface area contributed by atoms with E-state index in [1.54, 1.807) is 23.1 Å². The fraction of sp³-hybridized carbons (Fsp3) is 0.480. The Morgan fingerprint density at radius 2 is 1.83 bits per heavy atom. The first kappa shape index (κ1) is 23.8. The molecule has 2 unspecified atom stereocenters. The van der Waals surface area contributed by atoms with Crippen molar-refractivity contribution in [3.8, 4) is 5.75 Å². The second-order valence-corrected chi connectivity index (χ2v) is 9.60. The summed E-state index contributed by atoms with van der Waals surface area (Å²) in [5.74, 6) is 0.483. The molecule has 0 aliphatic carbocycles. The molecule has 2 aromatic rings.